The van der Waals surface area contributed by atoms with Gasteiger partial charge < -0.3 is 14.8 Å². The number of rotatable bonds is 7. The lowest BCUT2D eigenvalue weighted by atomic mass is 10.2. The topological polar surface area (TPSA) is 64.6 Å². The van der Waals surface area contributed by atoms with Crippen LogP contribution in [-0.2, 0) is 19.1 Å². The van der Waals surface area contributed by atoms with Crippen molar-refractivity contribution in [2.75, 3.05) is 20.3 Å². The molecule has 0 aliphatic carbocycles. The van der Waals surface area contributed by atoms with E-state index in [1.807, 2.05) is 0 Å². The van der Waals surface area contributed by atoms with E-state index in [0.717, 1.165) is 0 Å². The van der Waals surface area contributed by atoms with Crippen molar-refractivity contribution in [3.05, 3.63) is 12.7 Å². The van der Waals surface area contributed by atoms with Crippen LogP contribution >= 0.6 is 0 Å². The zero-order valence-electron chi connectivity index (χ0n) is 9.99. The number of amides is 1. The van der Waals surface area contributed by atoms with Crippen LogP contribution in [0, 0.1) is 5.92 Å². The number of hydrogen-bond acceptors (Lipinski definition) is 4. The van der Waals surface area contributed by atoms with Crippen molar-refractivity contribution in [1.29, 1.82) is 0 Å². The molecular formula is C11H19NO4. The predicted octanol–water partition coefficient (Wildman–Crippen LogP) is 0.503. The number of carbonyl (C=O) groups excluding carboxylic acids is 2. The molecule has 1 atom stereocenters. The Morgan fingerprint density at radius 2 is 2.06 bits per heavy atom. The summed E-state index contributed by atoms with van der Waals surface area (Å²) in [7, 11) is 1.27. The third-order valence-corrected chi connectivity index (χ3v) is 1.85. The zero-order valence-corrected chi connectivity index (χ0v) is 9.99. The number of nitrogens with one attached hydrogen (secondary N) is 1. The van der Waals surface area contributed by atoms with E-state index >= 15 is 0 Å². The lowest BCUT2D eigenvalue weighted by Crippen LogP contribution is -2.46. The molecule has 92 valence electrons. The van der Waals surface area contributed by atoms with Crippen LogP contribution in [0.2, 0.25) is 0 Å². The molecule has 0 saturated heterocycles. The molecule has 0 aromatic rings. The standard InChI is InChI=1S/C11H19NO4/c1-5-6-16-7-9(11(14)15-4)12-10(13)8(2)3/h5,8-9H,1,6-7H2,2-4H3,(H,12,13)/t9-/m0/s1. The number of esters is 1. The van der Waals surface area contributed by atoms with Gasteiger partial charge in [0, 0.05) is 5.92 Å². The fourth-order valence-corrected chi connectivity index (χ4v) is 0.919. The zero-order chi connectivity index (χ0) is 12.6. The van der Waals surface area contributed by atoms with Crippen LogP contribution in [0.1, 0.15) is 13.8 Å². The highest BCUT2D eigenvalue weighted by atomic mass is 16.5. The van der Waals surface area contributed by atoms with E-state index in [4.69, 9.17) is 4.74 Å². The molecule has 0 rings (SSSR count). The first kappa shape index (κ1) is 14.6. The highest BCUT2D eigenvalue weighted by molar-refractivity contribution is 5.85. The molecule has 0 bridgehead atoms. The molecule has 0 fully saturated rings. The van der Waals surface area contributed by atoms with Crippen molar-refractivity contribution < 1.29 is 19.1 Å². The molecular weight excluding hydrogens is 210 g/mol. The molecule has 5 nitrogen and oxygen atoms in total. The fraction of sp³-hybridized carbons (Fsp3) is 0.636. The number of hydrogen-bond donors (Lipinski definition) is 1. The van der Waals surface area contributed by atoms with Gasteiger partial charge in [-0.2, -0.15) is 0 Å². The normalized spacial score (nSPS) is 12.0. The van der Waals surface area contributed by atoms with Crippen LogP contribution in [0.25, 0.3) is 0 Å². The average Bonchev–Trinajstić information content (AvgIpc) is 2.26. The van der Waals surface area contributed by atoms with Gasteiger partial charge in [-0.15, -0.1) is 6.58 Å². The van der Waals surface area contributed by atoms with Crippen molar-refractivity contribution in [1.82, 2.24) is 5.32 Å². The fourth-order valence-electron chi connectivity index (χ4n) is 0.919. The van der Waals surface area contributed by atoms with Crippen molar-refractivity contribution in [2.24, 2.45) is 5.92 Å². The monoisotopic (exact) mass is 229 g/mol. The Morgan fingerprint density at radius 1 is 1.44 bits per heavy atom. The second-order valence-electron chi connectivity index (χ2n) is 3.57. The van der Waals surface area contributed by atoms with Gasteiger partial charge in [0.2, 0.25) is 5.91 Å². The van der Waals surface area contributed by atoms with E-state index in [2.05, 4.69) is 16.6 Å². The number of carbonyl (C=O) groups is 2. The first-order valence-electron chi connectivity index (χ1n) is 5.09. The minimum atomic E-state index is -0.764. The van der Waals surface area contributed by atoms with Gasteiger partial charge >= 0.3 is 5.97 Å². The minimum absolute atomic E-state index is 0.0805. The Morgan fingerprint density at radius 3 is 2.50 bits per heavy atom. The maximum absolute atomic E-state index is 11.4. The second kappa shape index (κ2) is 7.87. The largest absolute Gasteiger partial charge is 0.467 e. The van der Waals surface area contributed by atoms with E-state index in [9.17, 15) is 9.59 Å². The Balaban J connectivity index is 4.25. The molecule has 0 aromatic carbocycles. The summed E-state index contributed by atoms with van der Waals surface area (Å²) < 4.78 is 9.68. The summed E-state index contributed by atoms with van der Waals surface area (Å²) in [6.07, 6.45) is 1.57. The summed E-state index contributed by atoms with van der Waals surface area (Å²) in [6.45, 7) is 7.38. The molecule has 0 heterocycles. The Bertz CT molecular complexity index is 250. The number of ether oxygens (including phenoxy) is 2. The first-order chi connectivity index (χ1) is 7.52. The molecule has 0 unspecified atom stereocenters. The molecule has 0 spiro atoms. The summed E-state index contributed by atoms with van der Waals surface area (Å²) in [5.74, 6) is -0.915. The van der Waals surface area contributed by atoms with Crippen molar-refractivity contribution in [2.45, 2.75) is 19.9 Å². The van der Waals surface area contributed by atoms with E-state index in [1.54, 1.807) is 19.9 Å². The van der Waals surface area contributed by atoms with Crippen molar-refractivity contribution in [3.8, 4) is 0 Å². The van der Waals surface area contributed by atoms with Crippen LogP contribution in [0.15, 0.2) is 12.7 Å². The van der Waals surface area contributed by atoms with Crippen LogP contribution in [-0.4, -0.2) is 38.2 Å². The Kier molecular flexibility index (Phi) is 7.20. The van der Waals surface area contributed by atoms with E-state index in [0.29, 0.717) is 6.61 Å². The summed E-state index contributed by atoms with van der Waals surface area (Å²) in [5.41, 5.74) is 0. The lowest BCUT2D eigenvalue weighted by molar-refractivity contribution is -0.147. The van der Waals surface area contributed by atoms with Crippen LogP contribution < -0.4 is 5.32 Å². The summed E-state index contributed by atoms with van der Waals surface area (Å²) in [5, 5.41) is 2.55. The van der Waals surface area contributed by atoms with Gasteiger partial charge in [-0.1, -0.05) is 19.9 Å². The molecule has 1 N–H and O–H groups in total. The van der Waals surface area contributed by atoms with Gasteiger partial charge in [0.25, 0.3) is 0 Å². The van der Waals surface area contributed by atoms with E-state index in [1.165, 1.54) is 7.11 Å². The van der Waals surface area contributed by atoms with Gasteiger partial charge in [0.1, 0.15) is 0 Å². The smallest absolute Gasteiger partial charge is 0.330 e. The third-order valence-electron chi connectivity index (χ3n) is 1.85. The van der Waals surface area contributed by atoms with Gasteiger partial charge in [-0.05, 0) is 0 Å². The van der Waals surface area contributed by atoms with E-state index in [-0.39, 0.29) is 18.4 Å². The Labute approximate surface area is 95.8 Å². The summed E-state index contributed by atoms with van der Waals surface area (Å²) in [6, 6.07) is -0.764. The van der Waals surface area contributed by atoms with Crippen LogP contribution in [0.4, 0.5) is 0 Å². The minimum Gasteiger partial charge on any atom is -0.467 e. The molecule has 16 heavy (non-hydrogen) atoms. The maximum Gasteiger partial charge on any atom is 0.330 e. The lowest BCUT2D eigenvalue weighted by Gasteiger charge is -2.17. The maximum atomic E-state index is 11.4. The summed E-state index contributed by atoms with van der Waals surface area (Å²) in [4.78, 5) is 22.7. The van der Waals surface area contributed by atoms with Crippen molar-refractivity contribution in [3.63, 3.8) is 0 Å². The highest BCUT2D eigenvalue weighted by Crippen LogP contribution is 1.96. The molecule has 0 aliphatic rings. The highest BCUT2D eigenvalue weighted by Gasteiger charge is 2.22. The molecule has 0 aromatic heterocycles. The average molecular weight is 229 g/mol. The second-order valence-corrected chi connectivity index (χ2v) is 3.57. The van der Waals surface area contributed by atoms with Gasteiger partial charge in [0.15, 0.2) is 6.04 Å². The Hall–Kier alpha value is -1.36. The molecule has 1 amide bonds. The molecule has 0 radical (unpaired) electrons. The van der Waals surface area contributed by atoms with Crippen molar-refractivity contribution >= 4 is 11.9 Å². The van der Waals surface area contributed by atoms with Gasteiger partial charge in [-0.25, -0.2) is 4.79 Å². The van der Waals surface area contributed by atoms with Gasteiger partial charge in [-0.3, -0.25) is 4.79 Å². The molecule has 0 saturated carbocycles. The molecule has 0 aliphatic heterocycles. The first-order valence-corrected chi connectivity index (χ1v) is 5.09. The number of methoxy groups -OCH3 is 1. The quantitative estimate of drug-likeness (QED) is 0.392. The third kappa shape index (κ3) is 5.50. The van der Waals surface area contributed by atoms with Gasteiger partial charge in [0.05, 0.1) is 20.3 Å². The van der Waals surface area contributed by atoms with Crippen LogP contribution in [0.5, 0.6) is 0 Å². The predicted molar refractivity (Wildman–Crippen MR) is 59.8 cm³/mol. The molecule has 5 heteroatoms. The summed E-state index contributed by atoms with van der Waals surface area (Å²) >= 11 is 0. The van der Waals surface area contributed by atoms with E-state index < -0.39 is 12.0 Å². The SMILES string of the molecule is C=CCOC[C@H](NC(=O)C(C)C)C(=O)OC. The van der Waals surface area contributed by atoms with Crippen LogP contribution in [0.3, 0.4) is 0 Å².